The largest absolute Gasteiger partial charge is 0.378 e. The fraction of sp³-hybridized carbons (Fsp3) is 0.308. The number of benzene rings is 1. The lowest BCUT2D eigenvalue weighted by Gasteiger charge is -2.27. The van der Waals surface area contributed by atoms with Gasteiger partial charge in [-0.25, -0.2) is 4.98 Å². The molecule has 3 rings (SSSR count). The van der Waals surface area contributed by atoms with E-state index in [9.17, 15) is 0 Å². The van der Waals surface area contributed by atoms with Crippen molar-refractivity contribution < 1.29 is 4.74 Å². The van der Waals surface area contributed by atoms with Crippen molar-refractivity contribution in [1.82, 2.24) is 9.97 Å². The average molecular weight is 240 g/mol. The number of aromatic nitrogens is 2. The van der Waals surface area contributed by atoms with Crippen LogP contribution in [-0.2, 0) is 4.74 Å². The lowest BCUT2D eigenvalue weighted by atomic mass is 10.2. The van der Waals surface area contributed by atoms with Crippen molar-refractivity contribution >= 4 is 16.9 Å². The fourth-order valence-corrected chi connectivity index (χ4v) is 2.06. The molecule has 18 heavy (non-hydrogen) atoms. The van der Waals surface area contributed by atoms with Gasteiger partial charge in [0.05, 0.1) is 30.5 Å². The van der Waals surface area contributed by atoms with Crippen LogP contribution in [0, 0.1) is 11.3 Å². The Morgan fingerprint density at radius 3 is 2.89 bits per heavy atom. The molecular weight excluding hydrogens is 228 g/mol. The van der Waals surface area contributed by atoms with Crippen LogP contribution in [-0.4, -0.2) is 36.3 Å². The van der Waals surface area contributed by atoms with E-state index in [0.717, 1.165) is 24.4 Å². The van der Waals surface area contributed by atoms with Crippen LogP contribution in [0.15, 0.2) is 24.4 Å². The van der Waals surface area contributed by atoms with Crippen molar-refractivity contribution in [2.45, 2.75) is 0 Å². The number of ether oxygens (including phenoxy) is 1. The molecule has 5 nitrogen and oxygen atoms in total. The summed E-state index contributed by atoms with van der Waals surface area (Å²) in [6.45, 7) is 3.04. The number of para-hydroxylation sites is 1. The van der Waals surface area contributed by atoms with Gasteiger partial charge in [-0.15, -0.1) is 0 Å². The Morgan fingerprint density at radius 1 is 1.28 bits per heavy atom. The third-order valence-corrected chi connectivity index (χ3v) is 3.02. The Labute approximate surface area is 105 Å². The number of hydrogen-bond donors (Lipinski definition) is 0. The van der Waals surface area contributed by atoms with Gasteiger partial charge in [-0.1, -0.05) is 6.07 Å². The van der Waals surface area contributed by atoms with E-state index in [1.54, 1.807) is 12.3 Å². The average Bonchev–Trinajstić information content (AvgIpc) is 2.47. The smallest absolute Gasteiger partial charge is 0.148 e. The van der Waals surface area contributed by atoms with Crippen LogP contribution in [0.4, 0.5) is 5.82 Å². The molecule has 1 fully saturated rings. The molecule has 1 aromatic heterocycles. The van der Waals surface area contributed by atoms with Crippen LogP contribution in [0.1, 0.15) is 5.56 Å². The monoisotopic (exact) mass is 240 g/mol. The summed E-state index contributed by atoms with van der Waals surface area (Å²) in [5, 5.41) is 9.09. The topological polar surface area (TPSA) is 62.0 Å². The Balaban J connectivity index is 2.07. The van der Waals surface area contributed by atoms with Gasteiger partial charge in [-0.2, -0.15) is 5.26 Å². The molecule has 0 amide bonds. The van der Waals surface area contributed by atoms with Crippen LogP contribution in [0.2, 0.25) is 0 Å². The molecular formula is C13H12N4O. The molecule has 90 valence electrons. The van der Waals surface area contributed by atoms with Crippen LogP contribution < -0.4 is 4.90 Å². The van der Waals surface area contributed by atoms with Crippen LogP contribution >= 0.6 is 0 Å². The molecule has 0 saturated carbocycles. The molecule has 0 bridgehead atoms. The van der Waals surface area contributed by atoms with Crippen LogP contribution in [0.25, 0.3) is 11.0 Å². The summed E-state index contributed by atoms with van der Waals surface area (Å²) in [5.74, 6) is 0.813. The van der Waals surface area contributed by atoms with Crippen molar-refractivity contribution in [3.05, 3.63) is 30.0 Å². The zero-order valence-corrected chi connectivity index (χ0v) is 9.83. The first-order valence-corrected chi connectivity index (χ1v) is 5.87. The first-order chi connectivity index (χ1) is 8.88. The van der Waals surface area contributed by atoms with Gasteiger partial charge in [0.15, 0.2) is 0 Å². The molecule has 2 aromatic rings. The van der Waals surface area contributed by atoms with Gasteiger partial charge >= 0.3 is 0 Å². The second-order valence-electron chi connectivity index (χ2n) is 4.11. The first-order valence-electron chi connectivity index (χ1n) is 5.87. The van der Waals surface area contributed by atoms with E-state index in [-0.39, 0.29) is 0 Å². The van der Waals surface area contributed by atoms with Gasteiger partial charge in [-0.3, -0.25) is 4.98 Å². The summed E-state index contributed by atoms with van der Waals surface area (Å²) in [6, 6.07) is 7.61. The fourth-order valence-electron chi connectivity index (χ4n) is 2.06. The molecule has 0 N–H and O–H groups in total. The highest BCUT2D eigenvalue weighted by Crippen LogP contribution is 2.19. The number of morpholine rings is 1. The molecule has 2 heterocycles. The second-order valence-corrected chi connectivity index (χ2v) is 4.11. The van der Waals surface area contributed by atoms with E-state index in [1.807, 2.05) is 12.1 Å². The SMILES string of the molecule is N#Cc1cccc2ncc(N3CCOCC3)nc12. The summed E-state index contributed by atoms with van der Waals surface area (Å²) in [5.41, 5.74) is 1.99. The molecule has 0 atom stereocenters. The van der Waals surface area contributed by atoms with E-state index in [1.165, 1.54) is 0 Å². The Morgan fingerprint density at radius 2 is 2.11 bits per heavy atom. The molecule has 1 aliphatic rings. The molecule has 0 aliphatic carbocycles. The maximum Gasteiger partial charge on any atom is 0.148 e. The van der Waals surface area contributed by atoms with Gasteiger partial charge < -0.3 is 9.64 Å². The van der Waals surface area contributed by atoms with E-state index in [2.05, 4.69) is 20.9 Å². The van der Waals surface area contributed by atoms with Crippen molar-refractivity contribution in [2.75, 3.05) is 31.2 Å². The Hall–Kier alpha value is -2.19. The number of anilines is 1. The predicted molar refractivity (Wildman–Crippen MR) is 67.3 cm³/mol. The van der Waals surface area contributed by atoms with Crippen molar-refractivity contribution in [1.29, 1.82) is 5.26 Å². The third-order valence-electron chi connectivity index (χ3n) is 3.02. The molecule has 0 radical (unpaired) electrons. The van der Waals surface area contributed by atoms with E-state index in [0.29, 0.717) is 24.3 Å². The van der Waals surface area contributed by atoms with Gasteiger partial charge in [0.25, 0.3) is 0 Å². The van der Waals surface area contributed by atoms with Crippen LogP contribution in [0.5, 0.6) is 0 Å². The quantitative estimate of drug-likeness (QED) is 0.752. The minimum Gasteiger partial charge on any atom is -0.378 e. The summed E-state index contributed by atoms with van der Waals surface area (Å²) in [4.78, 5) is 11.1. The van der Waals surface area contributed by atoms with E-state index in [4.69, 9.17) is 10.00 Å². The summed E-state index contributed by atoms with van der Waals surface area (Å²) in [7, 11) is 0. The highest BCUT2D eigenvalue weighted by molar-refractivity contribution is 5.81. The third kappa shape index (κ3) is 1.87. The number of hydrogen-bond acceptors (Lipinski definition) is 5. The summed E-state index contributed by atoms with van der Waals surface area (Å²) < 4.78 is 5.31. The zero-order chi connectivity index (χ0) is 12.4. The highest BCUT2D eigenvalue weighted by atomic mass is 16.5. The predicted octanol–water partition coefficient (Wildman–Crippen LogP) is 1.34. The zero-order valence-electron chi connectivity index (χ0n) is 9.83. The standard InChI is InChI=1S/C13H12N4O/c14-8-10-2-1-3-11-13(10)16-12(9-15-11)17-4-6-18-7-5-17/h1-3,9H,4-7H2. The van der Waals surface area contributed by atoms with Gasteiger partial charge in [0.1, 0.15) is 17.4 Å². The lowest BCUT2D eigenvalue weighted by Crippen LogP contribution is -2.36. The molecule has 1 aromatic carbocycles. The molecule has 1 saturated heterocycles. The highest BCUT2D eigenvalue weighted by Gasteiger charge is 2.14. The molecule has 1 aliphatic heterocycles. The van der Waals surface area contributed by atoms with Gasteiger partial charge in [0, 0.05) is 13.1 Å². The first kappa shape index (κ1) is 10.9. The van der Waals surface area contributed by atoms with E-state index >= 15 is 0 Å². The number of fused-ring (bicyclic) bond motifs is 1. The summed E-state index contributed by atoms with van der Waals surface area (Å²) >= 11 is 0. The number of nitriles is 1. The van der Waals surface area contributed by atoms with Crippen molar-refractivity contribution in [3.8, 4) is 6.07 Å². The maximum atomic E-state index is 9.09. The van der Waals surface area contributed by atoms with Gasteiger partial charge in [-0.05, 0) is 12.1 Å². The molecule has 0 spiro atoms. The lowest BCUT2D eigenvalue weighted by molar-refractivity contribution is 0.122. The molecule has 0 unspecified atom stereocenters. The van der Waals surface area contributed by atoms with Crippen LogP contribution in [0.3, 0.4) is 0 Å². The van der Waals surface area contributed by atoms with Crippen molar-refractivity contribution in [3.63, 3.8) is 0 Å². The maximum absolute atomic E-state index is 9.09. The normalized spacial score (nSPS) is 15.6. The van der Waals surface area contributed by atoms with Crippen molar-refractivity contribution in [2.24, 2.45) is 0 Å². The minimum absolute atomic E-state index is 0.565. The summed E-state index contributed by atoms with van der Waals surface area (Å²) in [6.07, 6.45) is 1.76. The Kier molecular flexibility index (Phi) is 2.79. The minimum atomic E-state index is 0.565. The van der Waals surface area contributed by atoms with E-state index < -0.39 is 0 Å². The second kappa shape index (κ2) is 4.59. The number of rotatable bonds is 1. The number of nitrogens with zero attached hydrogens (tertiary/aromatic N) is 4. The van der Waals surface area contributed by atoms with Gasteiger partial charge in [0.2, 0.25) is 0 Å². The molecule has 5 heteroatoms. The Bertz CT molecular complexity index is 614.